The van der Waals surface area contributed by atoms with Crippen LogP contribution in [0.1, 0.15) is 78.6 Å². The van der Waals surface area contributed by atoms with Crippen molar-refractivity contribution in [1.29, 1.82) is 5.41 Å². The summed E-state index contributed by atoms with van der Waals surface area (Å²) in [6, 6.07) is 0.583. The standard InChI is InChI=1S/C29H46N4/c1-5-18-33(19-6-2)22(4)20-23-12-11-15-26(25(23)7-3)29(30)27-21-31-17-16-28(27)32-24-13-9-8-10-14-24/h7,11-12,20,24,26,30-32H,3,5-6,8-10,13-19,21H2,1-2,4H3/b22-20+,30-29?. The number of hydrogen-bond donors (Lipinski definition) is 3. The second-order valence-corrected chi connectivity index (χ2v) is 9.86. The lowest BCUT2D eigenvalue weighted by atomic mass is 9.79. The van der Waals surface area contributed by atoms with E-state index in [1.807, 2.05) is 6.08 Å². The first-order chi connectivity index (χ1) is 16.1. The first kappa shape index (κ1) is 25.6. The van der Waals surface area contributed by atoms with Gasteiger partial charge in [0.2, 0.25) is 0 Å². The van der Waals surface area contributed by atoms with Gasteiger partial charge in [-0.15, -0.1) is 0 Å². The Bertz CT molecular complexity index is 801. The quantitative estimate of drug-likeness (QED) is 0.326. The fourth-order valence-corrected chi connectivity index (χ4v) is 5.55. The number of rotatable bonds is 11. The average molecular weight is 451 g/mol. The van der Waals surface area contributed by atoms with Gasteiger partial charge in [-0.2, -0.15) is 0 Å². The lowest BCUT2D eigenvalue weighted by molar-refractivity contribution is 0.345. The predicted molar refractivity (Wildman–Crippen MR) is 143 cm³/mol. The number of allylic oxidation sites excluding steroid dienone is 7. The van der Waals surface area contributed by atoms with Crippen molar-refractivity contribution in [3.63, 3.8) is 0 Å². The molecule has 0 bridgehead atoms. The molecule has 182 valence electrons. The molecule has 1 atom stereocenters. The summed E-state index contributed by atoms with van der Waals surface area (Å²) in [5, 5.41) is 16.7. The molecule has 0 aromatic carbocycles. The highest BCUT2D eigenvalue weighted by Crippen LogP contribution is 2.32. The van der Waals surface area contributed by atoms with E-state index in [1.54, 1.807) is 0 Å². The largest absolute Gasteiger partial charge is 0.385 e. The van der Waals surface area contributed by atoms with Crippen LogP contribution in [0.2, 0.25) is 0 Å². The smallest absolute Gasteiger partial charge is 0.0454 e. The van der Waals surface area contributed by atoms with Gasteiger partial charge in [0.25, 0.3) is 0 Å². The first-order valence-electron chi connectivity index (χ1n) is 13.3. The van der Waals surface area contributed by atoms with E-state index in [-0.39, 0.29) is 5.92 Å². The van der Waals surface area contributed by atoms with Crippen molar-refractivity contribution in [2.45, 2.75) is 84.6 Å². The van der Waals surface area contributed by atoms with Crippen molar-refractivity contribution in [2.24, 2.45) is 5.92 Å². The third-order valence-electron chi connectivity index (χ3n) is 7.32. The molecule has 1 saturated carbocycles. The SMILES string of the molecule is C=CC1=C(/C=C(\C)N(CCC)CCC)C=CCC1C(=N)C1=C(NC2CCCCC2)CCNC1. The number of nitrogens with one attached hydrogen (secondary N) is 3. The molecule has 1 unspecified atom stereocenters. The van der Waals surface area contributed by atoms with Gasteiger partial charge in [-0.3, -0.25) is 0 Å². The highest BCUT2D eigenvalue weighted by atomic mass is 15.1. The van der Waals surface area contributed by atoms with Crippen LogP contribution in [0, 0.1) is 11.3 Å². The zero-order chi connectivity index (χ0) is 23.6. The zero-order valence-electron chi connectivity index (χ0n) is 21.3. The number of hydrogen-bond acceptors (Lipinski definition) is 4. The topological polar surface area (TPSA) is 51.2 Å². The van der Waals surface area contributed by atoms with Gasteiger partial charge in [-0.05, 0) is 56.3 Å². The van der Waals surface area contributed by atoms with Crippen LogP contribution >= 0.6 is 0 Å². The van der Waals surface area contributed by atoms with Crippen molar-refractivity contribution >= 4 is 5.71 Å². The molecular formula is C29H46N4. The first-order valence-corrected chi connectivity index (χ1v) is 13.3. The van der Waals surface area contributed by atoms with Crippen LogP contribution in [-0.2, 0) is 0 Å². The molecule has 4 heteroatoms. The summed E-state index contributed by atoms with van der Waals surface area (Å²) in [4.78, 5) is 2.48. The molecule has 3 rings (SSSR count). The van der Waals surface area contributed by atoms with Crippen LogP contribution in [-0.4, -0.2) is 42.8 Å². The third-order valence-corrected chi connectivity index (χ3v) is 7.32. The molecule has 0 radical (unpaired) electrons. The summed E-state index contributed by atoms with van der Waals surface area (Å²) in [6.07, 6.45) is 19.5. The Balaban J connectivity index is 1.86. The molecule has 0 amide bonds. The molecule has 0 spiro atoms. The minimum absolute atomic E-state index is 0.0791. The molecular weight excluding hydrogens is 404 g/mol. The van der Waals surface area contributed by atoms with E-state index in [1.165, 1.54) is 60.2 Å². The fourth-order valence-electron chi connectivity index (χ4n) is 5.55. The van der Waals surface area contributed by atoms with Crippen LogP contribution < -0.4 is 10.6 Å². The Morgan fingerprint density at radius 1 is 1.21 bits per heavy atom. The van der Waals surface area contributed by atoms with Crippen molar-refractivity contribution in [2.75, 3.05) is 26.2 Å². The summed E-state index contributed by atoms with van der Waals surface area (Å²) >= 11 is 0. The summed E-state index contributed by atoms with van der Waals surface area (Å²) < 4.78 is 0. The molecule has 1 heterocycles. The van der Waals surface area contributed by atoms with E-state index in [0.29, 0.717) is 6.04 Å². The van der Waals surface area contributed by atoms with Gasteiger partial charge >= 0.3 is 0 Å². The predicted octanol–water partition coefficient (Wildman–Crippen LogP) is 6.26. The van der Waals surface area contributed by atoms with Crippen molar-refractivity contribution < 1.29 is 0 Å². The zero-order valence-corrected chi connectivity index (χ0v) is 21.3. The normalized spacial score (nSPS) is 22.5. The molecule has 0 aromatic heterocycles. The summed E-state index contributed by atoms with van der Waals surface area (Å²) in [6.45, 7) is 14.9. The van der Waals surface area contributed by atoms with E-state index >= 15 is 0 Å². The van der Waals surface area contributed by atoms with Gasteiger partial charge in [-0.25, -0.2) is 0 Å². The van der Waals surface area contributed by atoms with Crippen LogP contribution in [0.25, 0.3) is 0 Å². The maximum atomic E-state index is 9.26. The maximum absolute atomic E-state index is 9.26. The minimum atomic E-state index is 0.0791. The molecule has 33 heavy (non-hydrogen) atoms. The average Bonchev–Trinajstić information content (AvgIpc) is 2.84. The second kappa shape index (κ2) is 13.0. The molecule has 0 aromatic rings. The Kier molecular flexibility index (Phi) is 10.1. The van der Waals surface area contributed by atoms with Crippen molar-refractivity contribution in [1.82, 2.24) is 15.5 Å². The van der Waals surface area contributed by atoms with Gasteiger partial charge in [0.15, 0.2) is 0 Å². The Morgan fingerprint density at radius 2 is 1.94 bits per heavy atom. The molecule has 3 aliphatic rings. The van der Waals surface area contributed by atoms with E-state index in [2.05, 4.69) is 61.1 Å². The fraction of sp³-hybridized carbons (Fsp3) is 0.621. The van der Waals surface area contributed by atoms with E-state index < -0.39 is 0 Å². The second-order valence-electron chi connectivity index (χ2n) is 9.86. The van der Waals surface area contributed by atoms with Gasteiger partial charge in [0, 0.05) is 67.2 Å². The summed E-state index contributed by atoms with van der Waals surface area (Å²) in [7, 11) is 0. The van der Waals surface area contributed by atoms with E-state index in [0.717, 1.165) is 57.6 Å². The highest BCUT2D eigenvalue weighted by molar-refractivity contribution is 6.03. The lowest BCUT2D eigenvalue weighted by Gasteiger charge is -2.32. The molecule has 2 aliphatic carbocycles. The summed E-state index contributed by atoms with van der Waals surface area (Å²) in [5.74, 6) is 0.0791. The minimum Gasteiger partial charge on any atom is -0.385 e. The van der Waals surface area contributed by atoms with Crippen molar-refractivity contribution in [3.8, 4) is 0 Å². The van der Waals surface area contributed by atoms with Crippen LogP contribution in [0.15, 0.2) is 59.0 Å². The Morgan fingerprint density at radius 3 is 2.61 bits per heavy atom. The van der Waals surface area contributed by atoms with Crippen LogP contribution in [0.5, 0.6) is 0 Å². The molecule has 3 N–H and O–H groups in total. The molecule has 1 fully saturated rings. The van der Waals surface area contributed by atoms with Crippen molar-refractivity contribution in [3.05, 3.63) is 59.0 Å². The highest BCUT2D eigenvalue weighted by Gasteiger charge is 2.28. The lowest BCUT2D eigenvalue weighted by Crippen LogP contribution is -2.39. The van der Waals surface area contributed by atoms with Gasteiger partial charge in [0.05, 0.1) is 0 Å². The number of nitrogens with zero attached hydrogens (tertiary/aromatic N) is 1. The van der Waals surface area contributed by atoms with Crippen LogP contribution in [0.3, 0.4) is 0 Å². The van der Waals surface area contributed by atoms with Gasteiger partial charge in [-0.1, -0.05) is 57.9 Å². The maximum Gasteiger partial charge on any atom is 0.0454 e. The van der Waals surface area contributed by atoms with Gasteiger partial charge in [0.1, 0.15) is 0 Å². The third kappa shape index (κ3) is 6.72. The van der Waals surface area contributed by atoms with E-state index in [9.17, 15) is 5.41 Å². The monoisotopic (exact) mass is 450 g/mol. The summed E-state index contributed by atoms with van der Waals surface area (Å²) in [5.41, 5.74) is 6.99. The van der Waals surface area contributed by atoms with Crippen LogP contribution in [0.4, 0.5) is 0 Å². The molecule has 4 nitrogen and oxygen atoms in total. The van der Waals surface area contributed by atoms with Gasteiger partial charge < -0.3 is 20.9 Å². The molecule has 0 saturated heterocycles. The molecule has 1 aliphatic heterocycles. The van der Waals surface area contributed by atoms with E-state index in [4.69, 9.17) is 0 Å². The Labute approximate surface area is 202 Å². The Hall–Kier alpha value is -2.07.